The summed E-state index contributed by atoms with van der Waals surface area (Å²) in [5, 5.41) is 0. The van der Waals surface area contributed by atoms with Crippen LogP contribution in [0.25, 0.3) is 0 Å². The van der Waals surface area contributed by atoms with Crippen molar-refractivity contribution in [3.63, 3.8) is 0 Å². The third-order valence-electron chi connectivity index (χ3n) is 3.85. The fourth-order valence-electron chi connectivity index (χ4n) is 2.48. The van der Waals surface area contributed by atoms with Crippen LogP contribution in [0.4, 0.5) is 4.39 Å². The summed E-state index contributed by atoms with van der Waals surface area (Å²) in [5.41, 5.74) is 3.69. The molecule has 0 radical (unpaired) electrons. The third kappa shape index (κ3) is 15.9. The summed E-state index contributed by atoms with van der Waals surface area (Å²) in [6.07, 6.45) is 5.86. The average molecular weight is 468 g/mol. The van der Waals surface area contributed by atoms with E-state index in [4.69, 9.17) is 14.3 Å². The van der Waals surface area contributed by atoms with Gasteiger partial charge in [0.1, 0.15) is 12.3 Å². The number of rotatable bonds is 13. The van der Waals surface area contributed by atoms with E-state index in [0.717, 1.165) is 17.6 Å². The van der Waals surface area contributed by atoms with Gasteiger partial charge in [-0.15, -0.1) is 0 Å². The van der Waals surface area contributed by atoms with Crippen LogP contribution in [0.3, 0.4) is 0 Å². The van der Waals surface area contributed by atoms with E-state index in [1.807, 2.05) is 39.8 Å². The van der Waals surface area contributed by atoms with Gasteiger partial charge in [-0.3, -0.25) is 4.52 Å². The van der Waals surface area contributed by atoms with Gasteiger partial charge in [0, 0.05) is 0 Å². The van der Waals surface area contributed by atoms with Crippen molar-refractivity contribution in [2.24, 2.45) is 0 Å². The Morgan fingerprint density at radius 2 is 1.30 bits per heavy atom. The molecule has 0 saturated heterocycles. The summed E-state index contributed by atoms with van der Waals surface area (Å²) < 4.78 is 46.4. The van der Waals surface area contributed by atoms with Gasteiger partial charge in [0.25, 0.3) is 0 Å². The molecule has 0 saturated carbocycles. The number of hydrogen-bond acceptors (Lipinski definition) is 4. The minimum absolute atomic E-state index is 0.566. The molecule has 0 spiro atoms. The Bertz CT molecular complexity index is 757. The highest BCUT2D eigenvalue weighted by Crippen LogP contribution is 2.58. The molecule has 0 aliphatic carbocycles. The van der Waals surface area contributed by atoms with E-state index in [9.17, 15) is 18.4 Å². The Balaban J connectivity index is 5.54. The van der Waals surface area contributed by atoms with Crippen molar-refractivity contribution in [3.05, 3.63) is 46.6 Å². The monoisotopic (exact) mass is 468 g/mol. The molecule has 0 rings (SSSR count). The molecule has 0 bridgehead atoms. The number of phosphoric acid groups is 2. The van der Waals surface area contributed by atoms with Crippen LogP contribution < -0.4 is 0 Å². The molecule has 3 atom stereocenters. The van der Waals surface area contributed by atoms with Crippen molar-refractivity contribution in [2.45, 2.75) is 79.5 Å². The Hall–Kier alpha value is -0.850. The molecule has 174 valence electrons. The Labute approximate surface area is 179 Å². The van der Waals surface area contributed by atoms with E-state index in [1.54, 1.807) is 13.8 Å². The molecule has 0 fully saturated rings. The first-order valence-electron chi connectivity index (χ1n) is 9.65. The minimum Gasteiger partial charge on any atom is -0.302 e. The highest BCUT2D eigenvalue weighted by molar-refractivity contribution is 7.60. The van der Waals surface area contributed by atoms with E-state index in [0.29, 0.717) is 30.4 Å². The van der Waals surface area contributed by atoms with E-state index >= 15 is 0 Å². The maximum absolute atomic E-state index is 14.9. The largest absolute Gasteiger partial charge is 0.481 e. The van der Waals surface area contributed by atoms with Crippen LogP contribution in [-0.4, -0.2) is 27.0 Å². The van der Waals surface area contributed by atoms with Crippen LogP contribution in [0.15, 0.2) is 46.6 Å². The van der Waals surface area contributed by atoms with Gasteiger partial charge in [0.15, 0.2) is 0 Å². The Morgan fingerprint density at radius 3 is 1.70 bits per heavy atom. The van der Waals surface area contributed by atoms with Gasteiger partial charge in [-0.05, 0) is 73.3 Å². The lowest BCUT2D eigenvalue weighted by Crippen LogP contribution is -2.22. The molecule has 7 nitrogen and oxygen atoms in total. The first-order chi connectivity index (χ1) is 13.6. The molecule has 0 aliphatic heterocycles. The van der Waals surface area contributed by atoms with Gasteiger partial charge in [0.05, 0.1) is 0 Å². The highest BCUT2D eigenvalue weighted by atomic mass is 31.3. The molecule has 10 heteroatoms. The molecular weight excluding hydrogens is 433 g/mol. The van der Waals surface area contributed by atoms with Crippen LogP contribution in [0.2, 0.25) is 0 Å². The van der Waals surface area contributed by atoms with Crippen molar-refractivity contribution in [1.82, 2.24) is 0 Å². The minimum atomic E-state index is -5.30. The first kappa shape index (κ1) is 29.1. The predicted octanol–water partition coefficient (Wildman–Crippen LogP) is 6.30. The zero-order valence-corrected chi connectivity index (χ0v) is 20.3. The van der Waals surface area contributed by atoms with Gasteiger partial charge in [-0.2, -0.15) is 4.31 Å². The second kappa shape index (κ2) is 13.5. The normalized spacial score (nSPS) is 17.1. The smallest absolute Gasteiger partial charge is 0.302 e. The average Bonchev–Trinajstić information content (AvgIpc) is 2.50. The second-order valence-corrected chi connectivity index (χ2v) is 10.5. The SMILES string of the molecule is CC(C)=CCCC(C)=CC(F)C(C=C(C)CCC=C(C)C)OP(=O)(O)OP(=O)(O)O. The summed E-state index contributed by atoms with van der Waals surface area (Å²) in [4.78, 5) is 27.2. The lowest BCUT2D eigenvalue weighted by molar-refractivity contribution is 0.110. The molecule has 3 unspecified atom stereocenters. The van der Waals surface area contributed by atoms with Crippen LogP contribution in [0.5, 0.6) is 0 Å². The van der Waals surface area contributed by atoms with E-state index in [1.165, 1.54) is 12.2 Å². The summed E-state index contributed by atoms with van der Waals surface area (Å²) in [6, 6.07) is 0. The van der Waals surface area contributed by atoms with Gasteiger partial charge >= 0.3 is 15.6 Å². The number of allylic oxidation sites excluding steroid dienone is 6. The molecule has 0 aromatic carbocycles. The van der Waals surface area contributed by atoms with Gasteiger partial charge in [-0.25, -0.2) is 13.5 Å². The van der Waals surface area contributed by atoms with Crippen LogP contribution in [0, 0.1) is 0 Å². The summed E-state index contributed by atoms with van der Waals surface area (Å²) in [6.45, 7) is 11.3. The molecule has 0 heterocycles. The van der Waals surface area contributed by atoms with Crippen molar-refractivity contribution < 1.29 is 37.0 Å². The molecule has 3 N–H and O–H groups in total. The van der Waals surface area contributed by atoms with Gasteiger partial charge < -0.3 is 14.7 Å². The van der Waals surface area contributed by atoms with Crippen LogP contribution >= 0.6 is 15.6 Å². The molecular formula is C20H35FO7P2. The van der Waals surface area contributed by atoms with Crippen molar-refractivity contribution in [3.8, 4) is 0 Å². The lowest BCUT2D eigenvalue weighted by Gasteiger charge is -2.21. The zero-order valence-electron chi connectivity index (χ0n) is 18.5. The van der Waals surface area contributed by atoms with Crippen molar-refractivity contribution >= 4 is 15.6 Å². The third-order valence-corrected chi connectivity index (χ3v) is 6.04. The molecule has 0 aliphatic rings. The molecule has 0 aromatic rings. The quantitative estimate of drug-likeness (QED) is 0.215. The molecule has 0 aromatic heterocycles. The number of halogens is 1. The molecule has 30 heavy (non-hydrogen) atoms. The van der Waals surface area contributed by atoms with Gasteiger partial charge in [-0.1, -0.05) is 40.5 Å². The fourth-order valence-corrected chi connectivity index (χ4v) is 4.19. The number of alkyl halides is 1. The van der Waals surface area contributed by atoms with E-state index in [-0.39, 0.29) is 0 Å². The summed E-state index contributed by atoms with van der Waals surface area (Å²) in [5.74, 6) is 0. The van der Waals surface area contributed by atoms with E-state index in [2.05, 4.69) is 4.31 Å². The number of phosphoric ester groups is 1. The van der Waals surface area contributed by atoms with Crippen molar-refractivity contribution in [2.75, 3.05) is 0 Å². The fraction of sp³-hybridized carbons (Fsp3) is 0.600. The number of hydrogen-bond donors (Lipinski definition) is 3. The summed E-state index contributed by atoms with van der Waals surface area (Å²) in [7, 11) is -10.5. The van der Waals surface area contributed by atoms with E-state index < -0.39 is 27.9 Å². The summed E-state index contributed by atoms with van der Waals surface area (Å²) >= 11 is 0. The standard InChI is InChI=1S/C20H35FO7P2/c1-15(2)9-7-11-17(5)13-19(21)20(14-18(6)12-8-10-16(3)4)27-30(25,26)28-29(22,23)24/h9-10,13-14,19-20H,7-8,11-12H2,1-6H3,(H,25,26)(H2,22,23,24). The lowest BCUT2D eigenvalue weighted by atomic mass is 10.0. The maximum atomic E-state index is 14.9. The topological polar surface area (TPSA) is 113 Å². The first-order valence-corrected chi connectivity index (χ1v) is 12.7. The van der Waals surface area contributed by atoms with Crippen LogP contribution in [-0.2, 0) is 18.0 Å². The highest BCUT2D eigenvalue weighted by Gasteiger charge is 2.36. The second-order valence-electron chi connectivity index (χ2n) is 7.72. The molecule has 0 amide bonds. The predicted molar refractivity (Wildman–Crippen MR) is 118 cm³/mol. The Kier molecular flexibility index (Phi) is 13.2. The van der Waals surface area contributed by atoms with Crippen LogP contribution in [0.1, 0.15) is 67.2 Å². The zero-order chi connectivity index (χ0) is 23.5. The van der Waals surface area contributed by atoms with Gasteiger partial charge in [0.2, 0.25) is 0 Å². The Morgan fingerprint density at radius 1 is 0.867 bits per heavy atom. The van der Waals surface area contributed by atoms with Crippen molar-refractivity contribution in [1.29, 1.82) is 0 Å². The maximum Gasteiger partial charge on any atom is 0.481 e.